The zero-order chi connectivity index (χ0) is 12.1. The number of thiocarbonyl (C=S) groups is 1. The molecular formula is C11H15FN2OS. The van der Waals surface area contributed by atoms with Gasteiger partial charge in [0.15, 0.2) is 0 Å². The highest BCUT2D eigenvalue weighted by Gasteiger charge is 2.11. The van der Waals surface area contributed by atoms with Crippen molar-refractivity contribution < 1.29 is 9.13 Å². The minimum absolute atomic E-state index is 0.0301. The van der Waals surface area contributed by atoms with Gasteiger partial charge in [0, 0.05) is 19.3 Å². The van der Waals surface area contributed by atoms with Gasteiger partial charge in [0.2, 0.25) is 0 Å². The minimum Gasteiger partial charge on any atom is -0.389 e. The van der Waals surface area contributed by atoms with Crippen LogP contribution in [-0.4, -0.2) is 24.7 Å². The van der Waals surface area contributed by atoms with E-state index in [-0.39, 0.29) is 16.7 Å². The Morgan fingerprint density at radius 2 is 2.31 bits per heavy atom. The molecule has 0 saturated carbocycles. The molecule has 1 aromatic rings. The lowest BCUT2D eigenvalue weighted by Crippen LogP contribution is -2.21. The number of rotatable bonds is 5. The number of methoxy groups -OCH3 is 1. The van der Waals surface area contributed by atoms with Crippen molar-refractivity contribution in [2.75, 3.05) is 19.0 Å². The molecule has 0 aliphatic rings. The van der Waals surface area contributed by atoms with Crippen LogP contribution in [0.25, 0.3) is 0 Å². The molecule has 1 atom stereocenters. The predicted molar refractivity (Wildman–Crippen MR) is 67.2 cm³/mol. The summed E-state index contributed by atoms with van der Waals surface area (Å²) in [6.45, 7) is 2.47. The first-order valence-electron chi connectivity index (χ1n) is 4.91. The van der Waals surface area contributed by atoms with Crippen LogP contribution in [0.15, 0.2) is 18.2 Å². The predicted octanol–water partition coefficient (Wildman–Crippen LogP) is 1.91. The molecule has 0 aliphatic heterocycles. The molecule has 88 valence electrons. The molecule has 1 aromatic carbocycles. The highest BCUT2D eigenvalue weighted by atomic mass is 32.1. The Labute approximate surface area is 99.8 Å². The van der Waals surface area contributed by atoms with E-state index in [0.29, 0.717) is 12.2 Å². The average Bonchev–Trinajstić information content (AvgIpc) is 2.25. The maximum absolute atomic E-state index is 13.5. The first-order valence-corrected chi connectivity index (χ1v) is 5.32. The highest BCUT2D eigenvalue weighted by molar-refractivity contribution is 7.80. The molecule has 3 N–H and O–H groups in total. The van der Waals surface area contributed by atoms with Crippen molar-refractivity contribution in [1.29, 1.82) is 0 Å². The molecule has 5 heteroatoms. The summed E-state index contributed by atoms with van der Waals surface area (Å²) < 4.78 is 18.6. The van der Waals surface area contributed by atoms with Crippen LogP contribution in [0, 0.1) is 5.82 Å². The Morgan fingerprint density at radius 3 is 2.88 bits per heavy atom. The Hall–Kier alpha value is -1.20. The third-order valence-corrected chi connectivity index (χ3v) is 2.45. The molecule has 0 bridgehead atoms. The zero-order valence-corrected chi connectivity index (χ0v) is 10.1. The second-order valence-corrected chi connectivity index (χ2v) is 3.89. The van der Waals surface area contributed by atoms with Crippen LogP contribution in [0.3, 0.4) is 0 Å². The number of nitrogens with two attached hydrogens (primary N) is 1. The lowest BCUT2D eigenvalue weighted by molar-refractivity contribution is 0.129. The number of halogens is 1. The largest absolute Gasteiger partial charge is 0.389 e. The molecule has 0 heterocycles. The third kappa shape index (κ3) is 3.15. The lowest BCUT2D eigenvalue weighted by atomic mass is 10.1. The second-order valence-electron chi connectivity index (χ2n) is 3.45. The minimum atomic E-state index is -0.414. The van der Waals surface area contributed by atoms with Crippen LogP contribution in [0.1, 0.15) is 12.5 Å². The molecule has 0 fully saturated rings. The molecule has 3 nitrogen and oxygen atoms in total. The number of benzene rings is 1. The maximum atomic E-state index is 13.5. The molecule has 0 spiro atoms. The van der Waals surface area contributed by atoms with Crippen molar-refractivity contribution in [2.45, 2.75) is 13.0 Å². The van der Waals surface area contributed by atoms with E-state index >= 15 is 0 Å². The number of anilines is 1. The Bertz CT molecular complexity index is 384. The third-order valence-electron chi connectivity index (χ3n) is 2.24. The molecule has 0 aliphatic carbocycles. The summed E-state index contributed by atoms with van der Waals surface area (Å²) in [5.74, 6) is -0.414. The van der Waals surface area contributed by atoms with E-state index in [4.69, 9.17) is 22.7 Å². The van der Waals surface area contributed by atoms with Crippen LogP contribution in [-0.2, 0) is 4.74 Å². The quantitative estimate of drug-likeness (QED) is 0.774. The van der Waals surface area contributed by atoms with Crippen molar-refractivity contribution in [2.24, 2.45) is 5.73 Å². The lowest BCUT2D eigenvalue weighted by Gasteiger charge is -2.15. The van der Waals surface area contributed by atoms with Crippen molar-refractivity contribution >= 4 is 22.9 Å². The number of hydrogen-bond acceptors (Lipinski definition) is 3. The van der Waals surface area contributed by atoms with Crippen molar-refractivity contribution in [3.63, 3.8) is 0 Å². The summed E-state index contributed by atoms with van der Waals surface area (Å²) in [5, 5.41) is 3.05. The first-order chi connectivity index (χ1) is 7.56. The smallest absolute Gasteiger partial charge is 0.135 e. The molecule has 16 heavy (non-hydrogen) atoms. The highest BCUT2D eigenvalue weighted by Crippen LogP contribution is 2.18. The normalized spacial score (nSPS) is 12.2. The number of ether oxygens (including phenoxy) is 1. The van der Waals surface area contributed by atoms with E-state index < -0.39 is 5.82 Å². The summed E-state index contributed by atoms with van der Waals surface area (Å²) in [4.78, 5) is 0.0469. The molecule has 0 saturated heterocycles. The SMILES string of the molecule is COC(C)CNc1cccc(F)c1C(N)=S. The van der Waals surface area contributed by atoms with Gasteiger partial charge in [-0.1, -0.05) is 18.3 Å². The van der Waals surface area contributed by atoms with E-state index in [1.165, 1.54) is 6.07 Å². The fourth-order valence-corrected chi connectivity index (χ4v) is 1.47. The van der Waals surface area contributed by atoms with E-state index in [1.807, 2.05) is 6.92 Å². The summed E-state index contributed by atoms with van der Waals surface area (Å²) in [5.41, 5.74) is 6.32. The van der Waals surface area contributed by atoms with E-state index in [1.54, 1.807) is 19.2 Å². The number of hydrogen-bond donors (Lipinski definition) is 2. The first kappa shape index (κ1) is 12.9. The van der Waals surface area contributed by atoms with Gasteiger partial charge < -0.3 is 15.8 Å². The number of nitrogens with one attached hydrogen (secondary N) is 1. The van der Waals surface area contributed by atoms with Crippen molar-refractivity contribution in [1.82, 2.24) is 0 Å². The summed E-state index contributed by atoms with van der Waals surface area (Å²) in [7, 11) is 1.62. The molecule has 0 amide bonds. The molecule has 0 aromatic heterocycles. The summed E-state index contributed by atoms with van der Waals surface area (Å²) in [6.07, 6.45) is 0.0301. The van der Waals surface area contributed by atoms with Gasteiger partial charge in [-0.3, -0.25) is 0 Å². The van der Waals surface area contributed by atoms with Gasteiger partial charge in [-0.05, 0) is 19.1 Å². The zero-order valence-electron chi connectivity index (χ0n) is 9.29. The molecular weight excluding hydrogens is 227 g/mol. The standard InChI is InChI=1S/C11H15FN2OS/c1-7(15-2)6-14-9-5-3-4-8(12)10(9)11(13)16/h3-5,7,14H,6H2,1-2H3,(H2,13,16). The molecule has 0 radical (unpaired) electrons. The molecule has 1 unspecified atom stereocenters. The van der Waals surface area contributed by atoms with E-state index in [0.717, 1.165) is 0 Å². The maximum Gasteiger partial charge on any atom is 0.135 e. The van der Waals surface area contributed by atoms with Crippen molar-refractivity contribution in [3.05, 3.63) is 29.6 Å². The van der Waals surface area contributed by atoms with Crippen LogP contribution in [0.5, 0.6) is 0 Å². The van der Waals surface area contributed by atoms with Gasteiger partial charge in [0.1, 0.15) is 10.8 Å². The van der Waals surface area contributed by atoms with Gasteiger partial charge >= 0.3 is 0 Å². The topological polar surface area (TPSA) is 47.3 Å². The Balaban J connectivity index is 2.87. The monoisotopic (exact) mass is 242 g/mol. The fraction of sp³-hybridized carbons (Fsp3) is 0.364. The van der Waals surface area contributed by atoms with Crippen molar-refractivity contribution in [3.8, 4) is 0 Å². The van der Waals surface area contributed by atoms with Crippen LogP contribution < -0.4 is 11.1 Å². The van der Waals surface area contributed by atoms with Gasteiger partial charge in [-0.15, -0.1) is 0 Å². The summed E-state index contributed by atoms with van der Waals surface area (Å²) >= 11 is 4.81. The van der Waals surface area contributed by atoms with E-state index in [9.17, 15) is 4.39 Å². The average molecular weight is 242 g/mol. The Kier molecular flexibility index (Phi) is 4.64. The molecule has 1 rings (SSSR count). The van der Waals surface area contributed by atoms with Gasteiger partial charge in [-0.25, -0.2) is 4.39 Å². The van der Waals surface area contributed by atoms with E-state index in [2.05, 4.69) is 5.32 Å². The Morgan fingerprint density at radius 1 is 1.62 bits per heavy atom. The summed E-state index contributed by atoms with van der Waals surface area (Å²) in [6, 6.07) is 4.68. The van der Waals surface area contributed by atoms with Gasteiger partial charge in [0.25, 0.3) is 0 Å². The van der Waals surface area contributed by atoms with Crippen LogP contribution in [0.4, 0.5) is 10.1 Å². The fourth-order valence-electron chi connectivity index (χ4n) is 1.26. The van der Waals surface area contributed by atoms with Gasteiger partial charge in [0.05, 0.1) is 11.7 Å². The van der Waals surface area contributed by atoms with Crippen LogP contribution >= 0.6 is 12.2 Å². The second kappa shape index (κ2) is 5.77. The van der Waals surface area contributed by atoms with Gasteiger partial charge in [-0.2, -0.15) is 0 Å². The van der Waals surface area contributed by atoms with Crippen LogP contribution in [0.2, 0.25) is 0 Å².